The van der Waals surface area contributed by atoms with Crippen molar-refractivity contribution in [2.75, 3.05) is 13.1 Å². The lowest BCUT2D eigenvalue weighted by Gasteiger charge is -2.34. The van der Waals surface area contributed by atoms with E-state index in [0.29, 0.717) is 4.83 Å². The van der Waals surface area contributed by atoms with Crippen molar-refractivity contribution in [1.82, 2.24) is 9.88 Å². The summed E-state index contributed by atoms with van der Waals surface area (Å²) >= 11 is 3.75. The minimum Gasteiger partial charge on any atom is -0.298 e. The predicted octanol–water partition coefficient (Wildman–Crippen LogP) is 2.69. The molecule has 0 N–H and O–H groups in total. The molecule has 1 aromatic heterocycles. The highest BCUT2D eigenvalue weighted by Gasteiger charge is 2.23. The molecule has 2 atom stereocenters. The van der Waals surface area contributed by atoms with Gasteiger partial charge in [-0.15, -0.1) is 0 Å². The van der Waals surface area contributed by atoms with Crippen molar-refractivity contribution < 1.29 is 0 Å². The standard InChI is InChI=1S/C12H17BrN2/c1-10-4-6-15(9-12(10)13)8-11-3-2-5-14-7-11/h2-3,5,7,10,12H,4,6,8-9H2,1H3. The second kappa shape index (κ2) is 5.08. The van der Waals surface area contributed by atoms with Gasteiger partial charge in [-0.3, -0.25) is 9.88 Å². The Labute approximate surface area is 99.8 Å². The minimum atomic E-state index is 0.642. The number of halogens is 1. The Balaban J connectivity index is 1.91. The number of nitrogens with zero attached hydrogens (tertiary/aromatic N) is 2. The Morgan fingerprint density at radius 2 is 2.47 bits per heavy atom. The summed E-state index contributed by atoms with van der Waals surface area (Å²) in [5.74, 6) is 0.801. The summed E-state index contributed by atoms with van der Waals surface area (Å²) in [4.78, 5) is 7.28. The molecule has 15 heavy (non-hydrogen) atoms. The second-order valence-electron chi connectivity index (χ2n) is 4.38. The number of hydrogen-bond acceptors (Lipinski definition) is 2. The van der Waals surface area contributed by atoms with Crippen LogP contribution in [0.5, 0.6) is 0 Å². The van der Waals surface area contributed by atoms with E-state index in [1.807, 2.05) is 18.5 Å². The Morgan fingerprint density at radius 3 is 3.13 bits per heavy atom. The first-order valence-corrected chi connectivity index (χ1v) is 6.42. The fourth-order valence-corrected chi connectivity index (χ4v) is 2.65. The number of hydrogen-bond donors (Lipinski definition) is 0. The fourth-order valence-electron chi connectivity index (χ4n) is 1.98. The molecule has 0 aliphatic carbocycles. The molecule has 0 saturated carbocycles. The maximum absolute atomic E-state index is 4.15. The van der Waals surface area contributed by atoms with E-state index in [-0.39, 0.29) is 0 Å². The average molecular weight is 269 g/mol. The summed E-state index contributed by atoms with van der Waals surface area (Å²) in [6, 6.07) is 4.15. The smallest absolute Gasteiger partial charge is 0.0312 e. The Morgan fingerprint density at radius 1 is 1.60 bits per heavy atom. The average Bonchev–Trinajstić information content (AvgIpc) is 2.25. The molecule has 2 rings (SSSR count). The van der Waals surface area contributed by atoms with Crippen molar-refractivity contribution in [3.05, 3.63) is 30.1 Å². The molecule has 2 heterocycles. The van der Waals surface area contributed by atoms with E-state index >= 15 is 0 Å². The first-order valence-electron chi connectivity index (χ1n) is 5.51. The third-order valence-electron chi connectivity index (χ3n) is 3.08. The van der Waals surface area contributed by atoms with Crippen LogP contribution in [0.4, 0.5) is 0 Å². The van der Waals surface area contributed by atoms with Crippen molar-refractivity contribution >= 4 is 15.9 Å². The summed E-state index contributed by atoms with van der Waals surface area (Å²) in [6.07, 6.45) is 5.08. The van der Waals surface area contributed by atoms with Crippen LogP contribution in [0, 0.1) is 5.92 Å². The molecule has 2 unspecified atom stereocenters. The zero-order valence-corrected chi connectivity index (χ0v) is 10.7. The first kappa shape index (κ1) is 11.1. The molecule has 82 valence electrons. The molecular formula is C12H17BrN2. The Bertz CT molecular complexity index is 302. The van der Waals surface area contributed by atoms with E-state index in [1.165, 1.54) is 18.5 Å². The highest BCUT2D eigenvalue weighted by molar-refractivity contribution is 9.09. The van der Waals surface area contributed by atoms with Crippen LogP contribution in [-0.4, -0.2) is 27.8 Å². The van der Waals surface area contributed by atoms with Crippen molar-refractivity contribution in [3.63, 3.8) is 0 Å². The van der Waals surface area contributed by atoms with Crippen LogP contribution in [0.2, 0.25) is 0 Å². The fraction of sp³-hybridized carbons (Fsp3) is 0.583. The molecule has 1 fully saturated rings. The maximum atomic E-state index is 4.15. The number of aromatic nitrogens is 1. The lowest BCUT2D eigenvalue weighted by atomic mass is 9.99. The van der Waals surface area contributed by atoms with Gasteiger partial charge < -0.3 is 0 Å². The number of rotatable bonds is 2. The molecule has 0 radical (unpaired) electrons. The van der Waals surface area contributed by atoms with Crippen LogP contribution >= 0.6 is 15.9 Å². The molecular weight excluding hydrogens is 252 g/mol. The number of pyridine rings is 1. The van der Waals surface area contributed by atoms with Crippen LogP contribution in [0.1, 0.15) is 18.9 Å². The number of piperidine rings is 1. The normalized spacial score (nSPS) is 27.9. The van der Waals surface area contributed by atoms with Gasteiger partial charge in [0, 0.05) is 30.3 Å². The summed E-state index contributed by atoms with van der Waals surface area (Å²) in [5.41, 5.74) is 1.31. The molecule has 1 saturated heterocycles. The highest BCUT2D eigenvalue weighted by atomic mass is 79.9. The highest BCUT2D eigenvalue weighted by Crippen LogP contribution is 2.24. The summed E-state index contributed by atoms with van der Waals surface area (Å²) in [7, 11) is 0. The van der Waals surface area contributed by atoms with Crippen LogP contribution in [-0.2, 0) is 6.54 Å². The molecule has 0 amide bonds. The minimum absolute atomic E-state index is 0.642. The third-order valence-corrected chi connectivity index (χ3v) is 4.27. The summed E-state index contributed by atoms with van der Waals surface area (Å²) < 4.78 is 0. The molecule has 0 aromatic carbocycles. The summed E-state index contributed by atoms with van der Waals surface area (Å²) in [5, 5.41) is 0. The van der Waals surface area contributed by atoms with Crippen molar-refractivity contribution in [1.29, 1.82) is 0 Å². The maximum Gasteiger partial charge on any atom is 0.0312 e. The third kappa shape index (κ3) is 3.02. The SMILES string of the molecule is CC1CCN(Cc2cccnc2)CC1Br. The predicted molar refractivity (Wildman–Crippen MR) is 66.0 cm³/mol. The lowest BCUT2D eigenvalue weighted by molar-refractivity contribution is 0.194. The Hall–Kier alpha value is -0.410. The van der Waals surface area contributed by atoms with Crippen LogP contribution < -0.4 is 0 Å². The van der Waals surface area contributed by atoms with Gasteiger partial charge in [-0.1, -0.05) is 28.9 Å². The Kier molecular flexibility index (Phi) is 3.76. The van der Waals surface area contributed by atoms with Crippen molar-refractivity contribution in [2.24, 2.45) is 5.92 Å². The van der Waals surface area contributed by atoms with Gasteiger partial charge in [0.2, 0.25) is 0 Å². The van der Waals surface area contributed by atoms with E-state index in [0.717, 1.165) is 19.0 Å². The molecule has 3 heteroatoms. The van der Waals surface area contributed by atoms with E-state index < -0.39 is 0 Å². The zero-order chi connectivity index (χ0) is 10.7. The molecule has 1 aromatic rings. The van der Waals surface area contributed by atoms with Gasteiger partial charge in [0.1, 0.15) is 0 Å². The number of alkyl halides is 1. The van der Waals surface area contributed by atoms with Crippen LogP contribution in [0.25, 0.3) is 0 Å². The monoisotopic (exact) mass is 268 g/mol. The van der Waals surface area contributed by atoms with Gasteiger partial charge in [0.05, 0.1) is 0 Å². The van der Waals surface area contributed by atoms with Crippen molar-refractivity contribution in [3.8, 4) is 0 Å². The van der Waals surface area contributed by atoms with Crippen molar-refractivity contribution in [2.45, 2.75) is 24.7 Å². The van der Waals surface area contributed by atoms with E-state index in [1.54, 1.807) is 0 Å². The molecule has 0 spiro atoms. The van der Waals surface area contributed by atoms with Gasteiger partial charge in [-0.25, -0.2) is 0 Å². The molecule has 1 aliphatic heterocycles. The largest absolute Gasteiger partial charge is 0.298 e. The van der Waals surface area contributed by atoms with Gasteiger partial charge in [-0.05, 0) is 30.5 Å². The topological polar surface area (TPSA) is 16.1 Å². The molecule has 1 aliphatic rings. The van der Waals surface area contributed by atoms with E-state index in [9.17, 15) is 0 Å². The zero-order valence-electron chi connectivity index (χ0n) is 9.06. The summed E-state index contributed by atoms with van der Waals surface area (Å²) in [6.45, 7) is 5.71. The van der Waals surface area contributed by atoms with Gasteiger partial charge in [0.25, 0.3) is 0 Å². The molecule has 2 nitrogen and oxygen atoms in total. The lowest BCUT2D eigenvalue weighted by Crippen LogP contribution is -2.39. The quantitative estimate of drug-likeness (QED) is 0.767. The van der Waals surface area contributed by atoms with E-state index in [2.05, 4.69) is 38.8 Å². The van der Waals surface area contributed by atoms with Gasteiger partial charge in [-0.2, -0.15) is 0 Å². The van der Waals surface area contributed by atoms with Crippen LogP contribution in [0.3, 0.4) is 0 Å². The van der Waals surface area contributed by atoms with Crippen LogP contribution in [0.15, 0.2) is 24.5 Å². The number of likely N-dealkylation sites (tertiary alicyclic amines) is 1. The van der Waals surface area contributed by atoms with Gasteiger partial charge >= 0.3 is 0 Å². The second-order valence-corrected chi connectivity index (χ2v) is 5.55. The molecule has 0 bridgehead atoms. The van der Waals surface area contributed by atoms with E-state index in [4.69, 9.17) is 0 Å². The first-order chi connectivity index (χ1) is 7.25. The van der Waals surface area contributed by atoms with Gasteiger partial charge in [0.15, 0.2) is 0 Å².